The molecule has 0 aromatic carbocycles. The molecule has 0 unspecified atom stereocenters. The number of hydrogen-bond donors (Lipinski definition) is 2. The number of ether oxygens (including phenoxy) is 1. The van der Waals surface area contributed by atoms with Gasteiger partial charge in [0, 0.05) is 13.0 Å². The summed E-state index contributed by atoms with van der Waals surface area (Å²) in [6.45, 7) is 2.36. The number of carbonyl (C=O) groups excluding carboxylic acids is 3. The highest BCUT2D eigenvalue weighted by atomic mass is 32.1. The van der Waals surface area contributed by atoms with E-state index < -0.39 is 0 Å². The van der Waals surface area contributed by atoms with E-state index in [2.05, 4.69) is 15.4 Å². The SMILES string of the molecule is COC(=O)CCCCCNC(=O)c1sc(NC(=O)c2ccco2)cc1C. The lowest BCUT2D eigenvalue weighted by molar-refractivity contribution is -0.140. The van der Waals surface area contributed by atoms with E-state index in [-0.39, 0.29) is 23.5 Å². The largest absolute Gasteiger partial charge is 0.469 e. The highest BCUT2D eigenvalue weighted by molar-refractivity contribution is 7.18. The van der Waals surface area contributed by atoms with Crippen LogP contribution in [0.2, 0.25) is 0 Å². The first-order chi connectivity index (χ1) is 12.5. The van der Waals surface area contributed by atoms with Crippen molar-refractivity contribution in [1.82, 2.24) is 5.32 Å². The van der Waals surface area contributed by atoms with Crippen molar-refractivity contribution in [2.45, 2.75) is 32.6 Å². The van der Waals surface area contributed by atoms with Crippen LogP contribution in [0.25, 0.3) is 0 Å². The molecule has 2 heterocycles. The fourth-order valence-corrected chi connectivity index (χ4v) is 3.29. The Balaban J connectivity index is 1.77. The van der Waals surface area contributed by atoms with Crippen molar-refractivity contribution in [3.05, 3.63) is 40.7 Å². The maximum absolute atomic E-state index is 12.3. The molecule has 2 rings (SSSR count). The monoisotopic (exact) mass is 378 g/mol. The van der Waals surface area contributed by atoms with Crippen molar-refractivity contribution in [3.63, 3.8) is 0 Å². The topological polar surface area (TPSA) is 97.6 Å². The first-order valence-electron chi connectivity index (χ1n) is 8.31. The third kappa shape index (κ3) is 5.73. The van der Waals surface area contributed by atoms with Gasteiger partial charge in [-0.3, -0.25) is 14.4 Å². The molecule has 2 N–H and O–H groups in total. The molecule has 0 saturated carbocycles. The summed E-state index contributed by atoms with van der Waals surface area (Å²) in [5.74, 6) is -0.519. The van der Waals surface area contributed by atoms with Gasteiger partial charge < -0.3 is 19.8 Å². The smallest absolute Gasteiger partial charge is 0.305 e. The minimum absolute atomic E-state index is 0.168. The summed E-state index contributed by atoms with van der Waals surface area (Å²) < 4.78 is 9.62. The number of hydrogen-bond acceptors (Lipinski definition) is 6. The zero-order valence-corrected chi connectivity index (χ0v) is 15.6. The Labute approximate surface area is 155 Å². The molecule has 0 fully saturated rings. The number of aryl methyl sites for hydroxylation is 1. The summed E-state index contributed by atoms with van der Waals surface area (Å²) >= 11 is 1.22. The molecule has 0 aliphatic heterocycles. The number of esters is 1. The summed E-state index contributed by atoms with van der Waals surface area (Å²) in [7, 11) is 1.37. The zero-order chi connectivity index (χ0) is 18.9. The van der Waals surface area contributed by atoms with E-state index in [9.17, 15) is 14.4 Å². The molecule has 0 saturated heterocycles. The summed E-state index contributed by atoms with van der Waals surface area (Å²) in [5.41, 5.74) is 0.799. The van der Waals surface area contributed by atoms with Crippen LogP contribution in [0.3, 0.4) is 0 Å². The minimum atomic E-state index is -0.353. The third-order valence-electron chi connectivity index (χ3n) is 3.68. The molecular formula is C18H22N2O5S. The highest BCUT2D eigenvalue weighted by Crippen LogP contribution is 2.27. The fraction of sp³-hybridized carbons (Fsp3) is 0.389. The van der Waals surface area contributed by atoms with Gasteiger partial charge in [-0.25, -0.2) is 0 Å². The highest BCUT2D eigenvalue weighted by Gasteiger charge is 2.16. The summed E-state index contributed by atoms with van der Waals surface area (Å²) in [6, 6.07) is 4.97. The van der Waals surface area contributed by atoms with Gasteiger partial charge >= 0.3 is 5.97 Å². The minimum Gasteiger partial charge on any atom is -0.469 e. The van der Waals surface area contributed by atoms with E-state index in [0.29, 0.717) is 22.8 Å². The molecule has 0 atom stereocenters. The molecule has 2 aromatic rings. The maximum Gasteiger partial charge on any atom is 0.305 e. The van der Waals surface area contributed by atoms with E-state index >= 15 is 0 Å². The average Bonchev–Trinajstić information content (AvgIpc) is 3.27. The van der Waals surface area contributed by atoms with Crippen molar-refractivity contribution in [1.29, 1.82) is 0 Å². The summed E-state index contributed by atoms with van der Waals surface area (Å²) in [6.07, 6.45) is 4.19. The van der Waals surface area contributed by atoms with Crippen LogP contribution in [0.1, 0.15) is 51.5 Å². The van der Waals surface area contributed by atoms with Crippen LogP contribution < -0.4 is 10.6 Å². The third-order valence-corrected chi connectivity index (χ3v) is 4.83. The number of rotatable bonds is 9. The van der Waals surface area contributed by atoms with Crippen LogP contribution in [0.5, 0.6) is 0 Å². The molecule has 7 nitrogen and oxygen atoms in total. The Morgan fingerprint density at radius 3 is 2.69 bits per heavy atom. The molecule has 8 heteroatoms. The normalized spacial score (nSPS) is 10.4. The van der Waals surface area contributed by atoms with Gasteiger partial charge in [-0.2, -0.15) is 0 Å². The average molecular weight is 378 g/mol. The van der Waals surface area contributed by atoms with Gasteiger partial charge in [0.15, 0.2) is 5.76 Å². The second kappa shape index (κ2) is 9.76. The van der Waals surface area contributed by atoms with Gasteiger partial charge in [0.1, 0.15) is 0 Å². The number of nitrogens with one attached hydrogen (secondary N) is 2. The Hall–Kier alpha value is -2.61. The molecular weight excluding hydrogens is 356 g/mol. The van der Waals surface area contributed by atoms with Crippen LogP contribution in [-0.2, 0) is 9.53 Å². The predicted octanol–water partition coefficient (Wildman–Crippen LogP) is 3.37. The number of furan rings is 1. The fourth-order valence-electron chi connectivity index (χ4n) is 2.31. The molecule has 140 valence electrons. The van der Waals surface area contributed by atoms with Crippen molar-refractivity contribution < 1.29 is 23.5 Å². The number of amides is 2. The van der Waals surface area contributed by atoms with Crippen molar-refractivity contribution in [2.24, 2.45) is 0 Å². The molecule has 2 amide bonds. The summed E-state index contributed by atoms with van der Waals surface area (Å²) in [4.78, 5) is 35.8. The molecule has 0 radical (unpaired) electrons. The Morgan fingerprint density at radius 2 is 2.00 bits per heavy atom. The van der Waals surface area contributed by atoms with Crippen LogP contribution in [-0.4, -0.2) is 31.4 Å². The van der Waals surface area contributed by atoms with E-state index in [4.69, 9.17) is 4.42 Å². The first-order valence-corrected chi connectivity index (χ1v) is 9.13. The van der Waals surface area contributed by atoms with Gasteiger partial charge in [0.2, 0.25) is 0 Å². The Bertz CT molecular complexity index is 752. The van der Waals surface area contributed by atoms with Crippen LogP contribution in [0, 0.1) is 6.92 Å². The van der Waals surface area contributed by atoms with Gasteiger partial charge in [-0.05, 0) is 43.5 Å². The van der Waals surface area contributed by atoms with E-state index in [0.717, 1.165) is 24.8 Å². The second-order valence-electron chi connectivity index (χ2n) is 5.70. The maximum atomic E-state index is 12.3. The van der Waals surface area contributed by atoms with Crippen molar-refractivity contribution in [2.75, 3.05) is 19.0 Å². The Morgan fingerprint density at radius 1 is 1.19 bits per heavy atom. The standard InChI is InChI=1S/C18H22N2O5S/c1-12-11-14(20-17(22)13-7-6-10-25-13)26-16(12)18(23)19-9-5-3-4-8-15(21)24-2/h6-7,10-11H,3-5,8-9H2,1-2H3,(H,19,23)(H,20,22). The second-order valence-corrected chi connectivity index (χ2v) is 6.75. The van der Waals surface area contributed by atoms with Gasteiger partial charge in [-0.1, -0.05) is 6.42 Å². The van der Waals surface area contributed by atoms with Crippen molar-refractivity contribution >= 4 is 34.1 Å². The number of carbonyl (C=O) groups is 3. The lowest BCUT2D eigenvalue weighted by Gasteiger charge is -2.04. The molecule has 26 heavy (non-hydrogen) atoms. The van der Waals surface area contributed by atoms with Gasteiger partial charge in [0.05, 0.1) is 23.3 Å². The van der Waals surface area contributed by atoms with Gasteiger partial charge in [0.25, 0.3) is 11.8 Å². The molecule has 2 aromatic heterocycles. The van der Waals surface area contributed by atoms with Gasteiger partial charge in [-0.15, -0.1) is 11.3 Å². The van der Waals surface area contributed by atoms with E-state index in [1.165, 1.54) is 24.7 Å². The number of anilines is 1. The first kappa shape index (κ1) is 19.7. The predicted molar refractivity (Wildman–Crippen MR) is 98.5 cm³/mol. The summed E-state index contributed by atoms with van der Waals surface area (Å²) in [5, 5.41) is 6.17. The molecule has 0 spiro atoms. The molecule has 0 aliphatic carbocycles. The van der Waals surface area contributed by atoms with Crippen LogP contribution in [0.15, 0.2) is 28.9 Å². The lowest BCUT2D eigenvalue weighted by Crippen LogP contribution is -2.24. The quantitative estimate of drug-likeness (QED) is 0.515. The number of methoxy groups -OCH3 is 1. The lowest BCUT2D eigenvalue weighted by atomic mass is 10.2. The number of unbranched alkanes of at least 4 members (excludes halogenated alkanes) is 2. The van der Waals surface area contributed by atoms with E-state index in [1.807, 2.05) is 6.92 Å². The van der Waals surface area contributed by atoms with E-state index in [1.54, 1.807) is 18.2 Å². The molecule has 0 aliphatic rings. The van der Waals surface area contributed by atoms with Crippen LogP contribution in [0.4, 0.5) is 5.00 Å². The Kier molecular flexibility index (Phi) is 7.40. The van der Waals surface area contributed by atoms with Crippen LogP contribution >= 0.6 is 11.3 Å². The molecule has 0 bridgehead atoms. The number of thiophene rings is 1. The van der Waals surface area contributed by atoms with Crippen molar-refractivity contribution in [3.8, 4) is 0 Å². The zero-order valence-electron chi connectivity index (χ0n) is 14.8.